The number of nitrogens with zero attached hydrogens (tertiary/aromatic N) is 4. The number of β-amino-alcohol motifs (C(OH)–C–C–N with tert-alkyl or cyclic N) is 1. The minimum atomic E-state index is -5.53. The quantitative estimate of drug-likeness (QED) is 0.0499. The number of nitrogens with one attached hydrogen (secondary N) is 4. The van der Waals surface area contributed by atoms with Gasteiger partial charge in [-0.15, -0.1) is 0 Å². The number of benzene rings is 1. The molecule has 53 heavy (non-hydrogen) atoms. The second-order valence-electron chi connectivity index (χ2n) is 12.2. The lowest BCUT2D eigenvalue weighted by Crippen LogP contribution is -2.46. The molecule has 2 aliphatic rings. The van der Waals surface area contributed by atoms with Crippen molar-refractivity contribution in [2.45, 2.75) is 56.7 Å². The van der Waals surface area contributed by atoms with E-state index < -0.39 is 89.5 Å². The number of aromatic nitrogens is 6. The third kappa shape index (κ3) is 7.91. The van der Waals surface area contributed by atoms with Gasteiger partial charge in [-0.25, -0.2) is 18.5 Å². The Balaban J connectivity index is 1.05. The van der Waals surface area contributed by atoms with Gasteiger partial charge in [-0.05, 0) is 37.1 Å². The first-order valence-electron chi connectivity index (χ1n) is 15.6. The first-order chi connectivity index (χ1) is 24.9. The smallest absolute Gasteiger partial charge is 0.388 e. The standard InChI is InChI=1S/C27H35N9O15P2/c1-10-3-12-13(4-11(10)2)35(24-18(32-12)25(42)34-27(43)33-24)5-14(37)19(39)15(38)6-48-52(44,45)51-53(46,47)49-7-16-20(40)21(41)26(50-16)36-9-31-17-22(28)29-8-30-23(17)36/h3-4,8-9,14-16,19-21,26,32,37-41H,5-7H2,1-2H3,(H6,28,29,30,33,34,42,43,44,45,46,47)/p+1/t14-,15+,16+,19-,20+,21+,26+/m0/s1. The summed E-state index contributed by atoms with van der Waals surface area (Å²) in [6.45, 7) is 0.934. The number of anilines is 5. The van der Waals surface area contributed by atoms with Gasteiger partial charge in [0.25, 0.3) is 5.56 Å². The number of nitrogens with two attached hydrogens (primary N) is 1. The van der Waals surface area contributed by atoms with Crippen LogP contribution in [0.1, 0.15) is 17.4 Å². The van der Waals surface area contributed by atoms with Crippen molar-refractivity contribution in [3.05, 3.63) is 56.8 Å². The van der Waals surface area contributed by atoms with E-state index in [2.05, 4.69) is 39.1 Å². The number of aryl methyl sites for hydroxylation is 2. The molecule has 0 bridgehead atoms. The number of phosphoric acid groups is 2. The number of hydrogen-bond acceptors (Lipinski definition) is 18. The van der Waals surface area contributed by atoms with Gasteiger partial charge < -0.3 is 56.0 Å². The van der Waals surface area contributed by atoms with E-state index in [1.54, 1.807) is 19.1 Å². The molecular formula is C27H36N9O15P2+. The van der Waals surface area contributed by atoms with Crippen LogP contribution < -0.4 is 31.8 Å². The van der Waals surface area contributed by atoms with Crippen LogP contribution in [0.15, 0.2) is 34.4 Å². The molecule has 1 aromatic carbocycles. The molecule has 0 saturated carbocycles. The molecule has 2 aliphatic heterocycles. The van der Waals surface area contributed by atoms with Crippen LogP contribution in [-0.4, -0.2) is 117 Å². The molecule has 0 amide bonds. The van der Waals surface area contributed by atoms with Crippen LogP contribution in [0.4, 0.5) is 28.7 Å². The molecule has 3 aromatic heterocycles. The van der Waals surface area contributed by atoms with Gasteiger partial charge >= 0.3 is 27.0 Å². The SMILES string of the molecule is Cc1cc2c(cc1C)N(C[C@H](O)[C@H](O)[C@H](O)COP(=O)(O)OP(=O)(O)OC[C@H]1O[C@@H]([n+]3c[nH]c4c(N)ncnc43)[C@H](O)[C@@H]1O)c1[nH]c(=O)[nH]c(=O)c1N2. The van der Waals surface area contributed by atoms with Gasteiger partial charge in [-0.1, -0.05) is 4.98 Å². The fraction of sp³-hybridized carbons (Fsp3) is 0.444. The number of ether oxygens (including phenoxy) is 1. The second-order valence-corrected chi connectivity index (χ2v) is 15.3. The van der Waals surface area contributed by atoms with Gasteiger partial charge in [0.1, 0.15) is 48.1 Å². The molecule has 2 unspecified atom stereocenters. The highest BCUT2D eigenvalue weighted by atomic mass is 31.3. The molecular weight excluding hydrogens is 752 g/mol. The zero-order chi connectivity index (χ0) is 38.6. The number of H-pyrrole nitrogens is 3. The van der Waals surface area contributed by atoms with Crippen molar-refractivity contribution in [1.82, 2.24) is 24.9 Å². The van der Waals surface area contributed by atoms with Crippen LogP contribution >= 0.6 is 15.6 Å². The molecule has 1 fully saturated rings. The Labute approximate surface area is 296 Å². The largest absolute Gasteiger partial charge is 0.481 e. The molecule has 6 rings (SSSR count). The number of aliphatic hydroxyl groups excluding tert-OH is 5. The predicted octanol–water partition coefficient (Wildman–Crippen LogP) is -2.33. The fourth-order valence-corrected chi connectivity index (χ4v) is 7.83. The van der Waals surface area contributed by atoms with E-state index in [9.17, 15) is 54.0 Å². The van der Waals surface area contributed by atoms with Crippen molar-refractivity contribution in [1.29, 1.82) is 0 Å². The number of phosphoric ester groups is 2. The maximum absolute atomic E-state index is 12.6. The molecule has 24 nitrogen and oxygen atoms in total. The maximum atomic E-state index is 12.6. The highest BCUT2D eigenvalue weighted by Gasteiger charge is 2.48. The molecule has 1 saturated heterocycles. The molecule has 9 atom stereocenters. The molecule has 4 aromatic rings. The molecule has 13 N–H and O–H groups in total. The Morgan fingerprint density at radius 3 is 2.45 bits per heavy atom. The number of hydrogen-bond donors (Lipinski definition) is 12. The Morgan fingerprint density at radius 2 is 1.72 bits per heavy atom. The Bertz CT molecular complexity index is 2230. The van der Waals surface area contributed by atoms with Gasteiger partial charge in [-0.3, -0.25) is 28.8 Å². The monoisotopic (exact) mass is 788 g/mol. The van der Waals surface area contributed by atoms with Crippen molar-refractivity contribution in [3.8, 4) is 0 Å². The number of aliphatic hydroxyl groups is 5. The lowest BCUT2D eigenvalue weighted by molar-refractivity contribution is -0.745. The van der Waals surface area contributed by atoms with E-state index in [1.807, 2.05) is 6.92 Å². The van der Waals surface area contributed by atoms with Gasteiger partial charge in [0.2, 0.25) is 11.7 Å². The summed E-state index contributed by atoms with van der Waals surface area (Å²) >= 11 is 0. The summed E-state index contributed by atoms with van der Waals surface area (Å²) in [5.41, 5.74) is 7.06. The number of imidazole rings is 1. The Hall–Kier alpha value is -4.13. The second kappa shape index (κ2) is 14.6. The number of fused-ring (bicyclic) bond motifs is 3. The summed E-state index contributed by atoms with van der Waals surface area (Å²) in [6.07, 6.45) is -9.61. The highest BCUT2D eigenvalue weighted by Crippen LogP contribution is 2.60. The third-order valence-corrected chi connectivity index (χ3v) is 11.2. The van der Waals surface area contributed by atoms with Gasteiger partial charge in [0.05, 0.1) is 31.1 Å². The van der Waals surface area contributed by atoms with Crippen LogP contribution in [0.3, 0.4) is 0 Å². The zero-order valence-corrected chi connectivity index (χ0v) is 29.4. The average molecular weight is 789 g/mol. The molecule has 0 spiro atoms. The van der Waals surface area contributed by atoms with E-state index in [0.29, 0.717) is 16.9 Å². The van der Waals surface area contributed by atoms with Crippen molar-refractivity contribution in [3.63, 3.8) is 0 Å². The van der Waals surface area contributed by atoms with Gasteiger partial charge in [0, 0.05) is 0 Å². The lowest BCUT2D eigenvalue weighted by atomic mass is 10.0. The zero-order valence-electron chi connectivity index (χ0n) is 27.6. The predicted molar refractivity (Wildman–Crippen MR) is 179 cm³/mol. The van der Waals surface area contributed by atoms with Crippen molar-refractivity contribution in [2.24, 2.45) is 0 Å². The average Bonchev–Trinajstić information content (AvgIpc) is 3.63. The summed E-state index contributed by atoms with van der Waals surface area (Å²) in [6, 6.07) is 3.42. The van der Waals surface area contributed by atoms with E-state index >= 15 is 0 Å². The summed E-state index contributed by atoms with van der Waals surface area (Å²) < 4.78 is 45.5. The van der Waals surface area contributed by atoms with Crippen molar-refractivity contribution in [2.75, 3.05) is 35.7 Å². The topological polar surface area (TPSA) is 365 Å². The fourth-order valence-electron chi connectivity index (χ4n) is 5.74. The molecule has 26 heteroatoms. The highest BCUT2D eigenvalue weighted by molar-refractivity contribution is 7.61. The Morgan fingerprint density at radius 1 is 1.02 bits per heavy atom. The first-order valence-corrected chi connectivity index (χ1v) is 18.6. The maximum Gasteiger partial charge on any atom is 0.481 e. The molecule has 5 heterocycles. The first kappa shape index (κ1) is 38.6. The van der Waals surface area contributed by atoms with Crippen molar-refractivity contribution >= 4 is 55.5 Å². The van der Waals surface area contributed by atoms with Crippen LogP contribution in [0.5, 0.6) is 0 Å². The van der Waals surface area contributed by atoms with Crippen LogP contribution in [-0.2, 0) is 27.2 Å². The van der Waals surface area contributed by atoms with E-state index in [4.69, 9.17) is 15.0 Å². The normalized spacial score (nSPS) is 23.8. The van der Waals surface area contributed by atoms with Crippen LogP contribution in [0.2, 0.25) is 0 Å². The minimum absolute atomic E-state index is 0.0598. The number of nitrogen functional groups attached to an aromatic ring is 1. The summed E-state index contributed by atoms with van der Waals surface area (Å²) in [4.78, 5) is 61.4. The molecule has 0 aliphatic carbocycles. The minimum Gasteiger partial charge on any atom is -0.388 e. The molecule has 288 valence electrons. The number of aromatic amines is 3. The van der Waals surface area contributed by atoms with E-state index in [-0.39, 0.29) is 23.0 Å². The van der Waals surface area contributed by atoms with Gasteiger partial charge in [0.15, 0.2) is 18.5 Å². The Kier molecular flexibility index (Phi) is 10.6. The molecule has 0 radical (unpaired) electrons. The van der Waals surface area contributed by atoms with E-state index in [0.717, 1.165) is 17.5 Å². The lowest BCUT2D eigenvalue weighted by Gasteiger charge is -2.35. The summed E-state index contributed by atoms with van der Waals surface area (Å²) in [7, 11) is -11.0. The van der Waals surface area contributed by atoms with Crippen LogP contribution in [0.25, 0.3) is 11.2 Å². The summed E-state index contributed by atoms with van der Waals surface area (Å²) in [5, 5.41) is 56.1. The van der Waals surface area contributed by atoms with Crippen LogP contribution in [0, 0.1) is 13.8 Å². The number of rotatable bonds is 13. The van der Waals surface area contributed by atoms with E-state index in [1.165, 1.54) is 15.8 Å². The van der Waals surface area contributed by atoms with Gasteiger partial charge in [-0.2, -0.15) is 9.29 Å². The summed E-state index contributed by atoms with van der Waals surface area (Å²) in [5.74, 6) is 0.0273. The third-order valence-electron chi connectivity index (χ3n) is 8.59. The van der Waals surface area contributed by atoms with Crippen molar-refractivity contribution < 1.29 is 67.1 Å².